The molecular formula is C19H21NO. The summed E-state index contributed by atoms with van der Waals surface area (Å²) in [5.41, 5.74) is 4.77. The van der Waals surface area contributed by atoms with E-state index in [1.54, 1.807) is 0 Å². The first-order valence-corrected chi connectivity index (χ1v) is 7.47. The van der Waals surface area contributed by atoms with Gasteiger partial charge in [0, 0.05) is 5.39 Å². The predicted octanol–water partition coefficient (Wildman–Crippen LogP) is 4.75. The van der Waals surface area contributed by atoms with Gasteiger partial charge in [-0.1, -0.05) is 54.4 Å². The van der Waals surface area contributed by atoms with Crippen molar-refractivity contribution < 1.29 is 4.42 Å². The van der Waals surface area contributed by atoms with E-state index < -0.39 is 0 Å². The van der Waals surface area contributed by atoms with Gasteiger partial charge in [-0.05, 0) is 38.1 Å². The van der Waals surface area contributed by atoms with Gasteiger partial charge in [0.05, 0.1) is 6.04 Å². The molecule has 3 rings (SSSR count). The van der Waals surface area contributed by atoms with Crippen LogP contribution in [0.5, 0.6) is 0 Å². The van der Waals surface area contributed by atoms with Crippen LogP contribution in [0.2, 0.25) is 0 Å². The Morgan fingerprint density at radius 3 is 2.38 bits per heavy atom. The van der Waals surface area contributed by atoms with E-state index in [4.69, 9.17) is 4.42 Å². The van der Waals surface area contributed by atoms with Crippen molar-refractivity contribution in [3.05, 3.63) is 71.0 Å². The molecule has 21 heavy (non-hydrogen) atoms. The van der Waals surface area contributed by atoms with Crippen molar-refractivity contribution in [2.75, 3.05) is 6.54 Å². The third kappa shape index (κ3) is 2.86. The van der Waals surface area contributed by atoms with Crippen LogP contribution in [0.3, 0.4) is 0 Å². The maximum Gasteiger partial charge on any atom is 0.134 e. The molecule has 1 heterocycles. The molecule has 0 saturated heterocycles. The van der Waals surface area contributed by atoms with E-state index in [9.17, 15) is 0 Å². The first-order chi connectivity index (χ1) is 10.2. The van der Waals surface area contributed by atoms with Crippen LogP contribution >= 0.6 is 0 Å². The number of fused-ring (bicyclic) bond motifs is 1. The van der Waals surface area contributed by atoms with Gasteiger partial charge >= 0.3 is 0 Å². The summed E-state index contributed by atoms with van der Waals surface area (Å²) in [5, 5.41) is 4.69. The molecule has 3 aromatic rings. The molecule has 2 heteroatoms. The van der Waals surface area contributed by atoms with Gasteiger partial charge in [-0.25, -0.2) is 0 Å². The molecule has 0 aliphatic carbocycles. The summed E-state index contributed by atoms with van der Waals surface area (Å²) in [7, 11) is 0. The van der Waals surface area contributed by atoms with Crippen LogP contribution in [0.1, 0.15) is 35.4 Å². The Morgan fingerprint density at radius 1 is 1.00 bits per heavy atom. The molecular weight excluding hydrogens is 258 g/mol. The van der Waals surface area contributed by atoms with E-state index in [1.807, 2.05) is 18.2 Å². The third-order valence-corrected chi connectivity index (χ3v) is 3.71. The SMILES string of the molecule is CCNC(c1cc(C)cc(C)c1)c1cc2ccccc2o1. The highest BCUT2D eigenvalue weighted by Gasteiger charge is 2.18. The Labute approximate surface area is 125 Å². The van der Waals surface area contributed by atoms with Crippen molar-refractivity contribution in [3.8, 4) is 0 Å². The van der Waals surface area contributed by atoms with Crippen LogP contribution in [-0.4, -0.2) is 6.54 Å². The second-order valence-electron chi connectivity index (χ2n) is 5.60. The van der Waals surface area contributed by atoms with Gasteiger partial charge in [0.25, 0.3) is 0 Å². The molecule has 1 atom stereocenters. The zero-order valence-corrected chi connectivity index (χ0v) is 12.8. The van der Waals surface area contributed by atoms with Crippen molar-refractivity contribution in [1.29, 1.82) is 0 Å². The molecule has 0 radical (unpaired) electrons. The second-order valence-corrected chi connectivity index (χ2v) is 5.60. The average molecular weight is 279 g/mol. The first-order valence-electron chi connectivity index (χ1n) is 7.47. The summed E-state index contributed by atoms with van der Waals surface area (Å²) >= 11 is 0. The number of aryl methyl sites for hydroxylation is 2. The lowest BCUT2D eigenvalue weighted by Gasteiger charge is -2.17. The molecule has 2 aromatic carbocycles. The lowest BCUT2D eigenvalue weighted by Crippen LogP contribution is -2.21. The predicted molar refractivity (Wildman–Crippen MR) is 87.6 cm³/mol. The monoisotopic (exact) mass is 279 g/mol. The average Bonchev–Trinajstić information content (AvgIpc) is 2.87. The minimum absolute atomic E-state index is 0.0981. The van der Waals surface area contributed by atoms with Crippen molar-refractivity contribution in [3.63, 3.8) is 0 Å². The summed E-state index contributed by atoms with van der Waals surface area (Å²) in [4.78, 5) is 0. The Balaban J connectivity index is 2.08. The molecule has 0 aliphatic rings. The molecule has 1 unspecified atom stereocenters. The van der Waals surface area contributed by atoms with Crippen molar-refractivity contribution in [2.45, 2.75) is 26.8 Å². The molecule has 0 aliphatic heterocycles. The van der Waals surface area contributed by atoms with Crippen molar-refractivity contribution in [2.24, 2.45) is 0 Å². The van der Waals surface area contributed by atoms with Crippen LogP contribution < -0.4 is 5.32 Å². The number of rotatable bonds is 4. The van der Waals surface area contributed by atoms with Gasteiger partial charge < -0.3 is 9.73 Å². The minimum Gasteiger partial charge on any atom is -0.459 e. The normalized spacial score (nSPS) is 12.7. The molecule has 2 nitrogen and oxygen atoms in total. The van der Waals surface area contributed by atoms with Gasteiger partial charge in [-0.3, -0.25) is 0 Å². The zero-order chi connectivity index (χ0) is 14.8. The molecule has 0 fully saturated rings. The number of furan rings is 1. The fraction of sp³-hybridized carbons (Fsp3) is 0.263. The van der Waals surface area contributed by atoms with Crippen molar-refractivity contribution in [1.82, 2.24) is 5.32 Å². The van der Waals surface area contributed by atoms with Crippen LogP contribution in [0.25, 0.3) is 11.0 Å². The molecule has 0 saturated carbocycles. The molecule has 0 bridgehead atoms. The van der Waals surface area contributed by atoms with E-state index >= 15 is 0 Å². The standard InChI is InChI=1S/C19H21NO/c1-4-20-19(16-10-13(2)9-14(3)11-16)18-12-15-7-5-6-8-17(15)21-18/h5-12,19-20H,4H2,1-3H3. The fourth-order valence-electron chi connectivity index (χ4n) is 2.91. The number of hydrogen-bond acceptors (Lipinski definition) is 2. The van der Waals surface area contributed by atoms with E-state index in [-0.39, 0.29) is 6.04 Å². The van der Waals surface area contributed by atoms with Crippen LogP contribution in [0, 0.1) is 13.8 Å². The summed E-state index contributed by atoms with van der Waals surface area (Å²) in [6.45, 7) is 7.29. The topological polar surface area (TPSA) is 25.2 Å². The zero-order valence-electron chi connectivity index (χ0n) is 12.8. The Bertz CT molecular complexity index is 704. The van der Waals surface area contributed by atoms with E-state index in [0.29, 0.717) is 0 Å². The largest absolute Gasteiger partial charge is 0.459 e. The Morgan fingerprint density at radius 2 is 1.71 bits per heavy atom. The summed E-state index contributed by atoms with van der Waals surface area (Å²) < 4.78 is 6.05. The molecule has 108 valence electrons. The highest BCUT2D eigenvalue weighted by molar-refractivity contribution is 5.78. The van der Waals surface area contributed by atoms with Gasteiger partial charge in [0.2, 0.25) is 0 Å². The number of para-hydroxylation sites is 1. The minimum atomic E-state index is 0.0981. The smallest absolute Gasteiger partial charge is 0.134 e. The maximum atomic E-state index is 6.05. The number of nitrogens with one attached hydrogen (secondary N) is 1. The van der Waals surface area contributed by atoms with E-state index in [1.165, 1.54) is 16.7 Å². The van der Waals surface area contributed by atoms with Crippen LogP contribution in [0.15, 0.2) is 52.9 Å². The molecule has 1 N–H and O–H groups in total. The highest BCUT2D eigenvalue weighted by atomic mass is 16.3. The maximum absolute atomic E-state index is 6.05. The number of hydrogen-bond donors (Lipinski definition) is 1. The number of benzene rings is 2. The lowest BCUT2D eigenvalue weighted by molar-refractivity contribution is 0.477. The van der Waals surface area contributed by atoms with Gasteiger partial charge in [0.1, 0.15) is 11.3 Å². The lowest BCUT2D eigenvalue weighted by atomic mass is 9.99. The molecule has 0 spiro atoms. The van der Waals surface area contributed by atoms with Crippen molar-refractivity contribution >= 4 is 11.0 Å². The quantitative estimate of drug-likeness (QED) is 0.745. The summed E-state index contributed by atoms with van der Waals surface area (Å²) in [6, 6.07) is 17.1. The second kappa shape index (κ2) is 5.74. The Hall–Kier alpha value is -2.06. The van der Waals surface area contributed by atoms with E-state index in [0.717, 1.165) is 23.3 Å². The summed E-state index contributed by atoms with van der Waals surface area (Å²) in [5.74, 6) is 0.975. The van der Waals surface area contributed by atoms with E-state index in [2.05, 4.69) is 56.4 Å². The summed E-state index contributed by atoms with van der Waals surface area (Å²) in [6.07, 6.45) is 0. The van der Waals surface area contributed by atoms with Crippen LogP contribution in [0.4, 0.5) is 0 Å². The van der Waals surface area contributed by atoms with Gasteiger partial charge in [0.15, 0.2) is 0 Å². The molecule has 0 amide bonds. The van der Waals surface area contributed by atoms with Crippen LogP contribution in [-0.2, 0) is 0 Å². The molecule has 1 aromatic heterocycles. The fourth-order valence-corrected chi connectivity index (χ4v) is 2.91. The Kier molecular flexibility index (Phi) is 3.80. The van der Waals surface area contributed by atoms with Gasteiger partial charge in [-0.2, -0.15) is 0 Å². The first kappa shape index (κ1) is 13.9. The van der Waals surface area contributed by atoms with Gasteiger partial charge in [-0.15, -0.1) is 0 Å². The highest BCUT2D eigenvalue weighted by Crippen LogP contribution is 2.29. The third-order valence-electron chi connectivity index (χ3n) is 3.71.